The number of urea groups is 1. The third-order valence-electron chi connectivity index (χ3n) is 5.39. The van der Waals surface area contributed by atoms with Crippen LogP contribution in [0.25, 0.3) is 0 Å². The highest BCUT2D eigenvalue weighted by Gasteiger charge is 2.36. The lowest BCUT2D eigenvalue weighted by atomic mass is 9.96. The van der Waals surface area contributed by atoms with Crippen LogP contribution in [0.3, 0.4) is 0 Å². The zero-order valence-electron chi connectivity index (χ0n) is 15.2. The molecule has 2 N–H and O–H groups in total. The summed E-state index contributed by atoms with van der Waals surface area (Å²) in [4.78, 5) is 31.0. The quantitative estimate of drug-likeness (QED) is 0.876. The van der Waals surface area contributed by atoms with Gasteiger partial charge in [0, 0.05) is 36.7 Å². The molecule has 5 rings (SSSR count). The molecule has 6 nitrogen and oxygen atoms in total. The first-order valence-electron chi connectivity index (χ1n) is 9.53. The van der Waals surface area contributed by atoms with Gasteiger partial charge in [0.25, 0.3) is 0 Å². The number of carbonyl (C=O) groups excluding carboxylic acids is 2. The molecule has 3 aliphatic heterocycles. The Labute approximate surface area is 159 Å². The molecule has 1 aromatic heterocycles. The van der Waals surface area contributed by atoms with Crippen LogP contribution in [0.4, 0.5) is 10.5 Å². The fraction of sp³-hybridized carbons (Fsp3) is 0.381. The van der Waals surface area contributed by atoms with Gasteiger partial charge in [0.2, 0.25) is 5.91 Å². The molecule has 0 saturated carbocycles. The van der Waals surface area contributed by atoms with E-state index >= 15 is 0 Å². The summed E-state index contributed by atoms with van der Waals surface area (Å²) in [5.74, 6) is -0.00814. The van der Waals surface area contributed by atoms with Crippen LogP contribution in [0.5, 0.6) is 0 Å². The fourth-order valence-electron chi connectivity index (χ4n) is 3.87. The maximum atomic E-state index is 12.8. The first-order chi connectivity index (χ1) is 13.2. The number of hydrogen-bond acceptors (Lipinski definition) is 3. The smallest absolute Gasteiger partial charge is 0.321 e. The summed E-state index contributed by atoms with van der Waals surface area (Å²) in [6.07, 6.45) is 5.23. The van der Waals surface area contributed by atoms with Crippen LogP contribution in [0.2, 0.25) is 0 Å². The van der Waals surface area contributed by atoms with Crippen LogP contribution in [-0.4, -0.2) is 41.0 Å². The third-order valence-corrected chi connectivity index (χ3v) is 5.39. The van der Waals surface area contributed by atoms with Gasteiger partial charge in [-0.3, -0.25) is 9.78 Å². The predicted molar refractivity (Wildman–Crippen MR) is 103 cm³/mol. The minimum Gasteiger partial charge on any atom is -0.351 e. The monoisotopic (exact) mass is 364 g/mol. The molecular weight excluding hydrogens is 340 g/mol. The largest absolute Gasteiger partial charge is 0.351 e. The summed E-state index contributed by atoms with van der Waals surface area (Å²) in [5.41, 5.74) is 2.95. The van der Waals surface area contributed by atoms with Gasteiger partial charge < -0.3 is 15.5 Å². The maximum Gasteiger partial charge on any atom is 0.321 e. The average molecular weight is 364 g/mol. The summed E-state index contributed by atoms with van der Waals surface area (Å²) in [6, 6.07) is 13.7. The van der Waals surface area contributed by atoms with E-state index < -0.39 is 0 Å². The Bertz CT molecular complexity index is 824. The molecule has 3 amide bonds. The number of nitrogens with one attached hydrogen (secondary N) is 2. The summed E-state index contributed by atoms with van der Waals surface area (Å²) >= 11 is 0. The SMILES string of the molecule is O=C1NC2CCC1CN(C(=O)Nc1ccccc1CCc1ccccn1)C2. The Morgan fingerprint density at radius 3 is 2.78 bits per heavy atom. The number of fused-ring (bicyclic) bond motifs is 4. The summed E-state index contributed by atoms with van der Waals surface area (Å²) < 4.78 is 0. The molecule has 0 aliphatic carbocycles. The Hall–Kier alpha value is -2.89. The molecule has 140 valence electrons. The lowest BCUT2D eigenvalue weighted by molar-refractivity contribution is -0.126. The highest BCUT2D eigenvalue weighted by atomic mass is 16.2. The van der Waals surface area contributed by atoms with Crippen molar-refractivity contribution in [3.63, 3.8) is 0 Å². The second kappa shape index (κ2) is 7.78. The standard InChI is InChI=1S/C21H24N4O2/c26-20-16-9-11-18(23-20)14-25(13-16)21(27)24-19-7-2-1-5-15(19)8-10-17-6-3-4-12-22-17/h1-7,12,16,18H,8-11,13-14H2,(H,23,26)(H,24,27). The molecule has 3 saturated heterocycles. The van der Waals surface area contributed by atoms with E-state index in [0.29, 0.717) is 13.1 Å². The van der Waals surface area contributed by atoms with Gasteiger partial charge in [0.1, 0.15) is 0 Å². The van der Waals surface area contributed by atoms with Gasteiger partial charge in [-0.05, 0) is 49.4 Å². The van der Waals surface area contributed by atoms with E-state index in [2.05, 4.69) is 15.6 Å². The van der Waals surface area contributed by atoms with Crippen molar-refractivity contribution in [2.45, 2.75) is 31.7 Å². The molecule has 0 radical (unpaired) electrons. The van der Waals surface area contributed by atoms with Gasteiger partial charge in [-0.1, -0.05) is 24.3 Å². The van der Waals surface area contributed by atoms with Crippen molar-refractivity contribution in [3.05, 3.63) is 59.9 Å². The second-order valence-electron chi connectivity index (χ2n) is 7.29. The lowest BCUT2D eigenvalue weighted by Crippen LogP contribution is -2.44. The molecule has 27 heavy (non-hydrogen) atoms. The van der Waals surface area contributed by atoms with Crippen molar-refractivity contribution in [1.82, 2.24) is 15.2 Å². The molecule has 1 aromatic carbocycles. The van der Waals surface area contributed by atoms with Crippen LogP contribution in [0, 0.1) is 5.92 Å². The first kappa shape index (κ1) is 17.5. The Morgan fingerprint density at radius 2 is 1.96 bits per heavy atom. The number of nitrogens with zero attached hydrogens (tertiary/aromatic N) is 2. The maximum absolute atomic E-state index is 12.8. The highest BCUT2D eigenvalue weighted by molar-refractivity contribution is 5.91. The number of rotatable bonds is 4. The summed E-state index contributed by atoms with van der Waals surface area (Å²) in [7, 11) is 0. The Kier molecular flexibility index (Phi) is 5.05. The predicted octanol–water partition coefficient (Wildman–Crippen LogP) is 2.61. The van der Waals surface area contributed by atoms with Gasteiger partial charge in [-0.25, -0.2) is 4.79 Å². The van der Waals surface area contributed by atoms with E-state index in [4.69, 9.17) is 0 Å². The number of aromatic nitrogens is 1. The molecular formula is C21H24N4O2. The minimum absolute atomic E-state index is 0.0707. The summed E-state index contributed by atoms with van der Waals surface area (Å²) in [5, 5.41) is 6.06. The Balaban J connectivity index is 1.43. The molecule has 2 unspecified atom stereocenters. The molecule has 2 aromatic rings. The number of para-hydroxylation sites is 1. The van der Waals surface area contributed by atoms with Gasteiger partial charge in [-0.2, -0.15) is 0 Å². The van der Waals surface area contributed by atoms with Gasteiger partial charge >= 0.3 is 6.03 Å². The molecule has 6 heteroatoms. The second-order valence-corrected chi connectivity index (χ2v) is 7.29. The number of carbonyl (C=O) groups is 2. The molecule has 4 heterocycles. The van der Waals surface area contributed by atoms with Crippen molar-refractivity contribution >= 4 is 17.6 Å². The van der Waals surface area contributed by atoms with E-state index in [0.717, 1.165) is 42.6 Å². The number of benzene rings is 1. The minimum atomic E-state index is -0.131. The number of piperidine rings is 1. The van der Waals surface area contributed by atoms with E-state index in [1.54, 1.807) is 11.1 Å². The van der Waals surface area contributed by atoms with E-state index in [9.17, 15) is 9.59 Å². The van der Waals surface area contributed by atoms with E-state index in [1.807, 2.05) is 42.5 Å². The van der Waals surface area contributed by atoms with Crippen LogP contribution >= 0.6 is 0 Å². The third kappa shape index (κ3) is 4.10. The van der Waals surface area contributed by atoms with Crippen LogP contribution in [0.1, 0.15) is 24.1 Å². The molecule has 3 fully saturated rings. The zero-order chi connectivity index (χ0) is 18.6. The fourth-order valence-corrected chi connectivity index (χ4v) is 3.87. The van der Waals surface area contributed by atoms with E-state index in [1.165, 1.54) is 0 Å². The van der Waals surface area contributed by atoms with Crippen LogP contribution in [0.15, 0.2) is 48.7 Å². The number of amides is 3. The van der Waals surface area contributed by atoms with Gasteiger partial charge in [-0.15, -0.1) is 0 Å². The molecule has 3 aliphatic rings. The van der Waals surface area contributed by atoms with Crippen LogP contribution < -0.4 is 10.6 Å². The number of anilines is 1. The van der Waals surface area contributed by atoms with Crippen LogP contribution in [-0.2, 0) is 17.6 Å². The van der Waals surface area contributed by atoms with Gasteiger partial charge in [0.15, 0.2) is 0 Å². The Morgan fingerprint density at radius 1 is 1.11 bits per heavy atom. The number of hydrogen-bond donors (Lipinski definition) is 2. The lowest BCUT2D eigenvalue weighted by Gasteiger charge is -2.23. The topological polar surface area (TPSA) is 74.3 Å². The molecule has 2 atom stereocenters. The number of aryl methyl sites for hydroxylation is 2. The summed E-state index contributed by atoms with van der Waals surface area (Å²) in [6.45, 7) is 1.06. The van der Waals surface area contributed by atoms with Crippen molar-refractivity contribution in [3.8, 4) is 0 Å². The first-order valence-corrected chi connectivity index (χ1v) is 9.53. The van der Waals surface area contributed by atoms with Crippen molar-refractivity contribution in [1.29, 1.82) is 0 Å². The van der Waals surface area contributed by atoms with Crippen molar-refractivity contribution < 1.29 is 9.59 Å². The normalized spacial score (nSPS) is 21.5. The van der Waals surface area contributed by atoms with Crippen molar-refractivity contribution in [2.24, 2.45) is 5.92 Å². The molecule has 2 bridgehead atoms. The van der Waals surface area contributed by atoms with Crippen molar-refractivity contribution in [2.75, 3.05) is 18.4 Å². The van der Waals surface area contributed by atoms with Gasteiger partial charge in [0.05, 0.1) is 5.92 Å². The molecule has 0 spiro atoms. The number of pyridine rings is 1. The van der Waals surface area contributed by atoms with E-state index in [-0.39, 0.29) is 23.9 Å². The zero-order valence-corrected chi connectivity index (χ0v) is 15.2. The highest BCUT2D eigenvalue weighted by Crippen LogP contribution is 2.24. The average Bonchev–Trinajstić information content (AvgIpc) is 3.00.